The fourth-order valence-electron chi connectivity index (χ4n) is 3.51. The lowest BCUT2D eigenvalue weighted by atomic mass is 9.95. The Hall–Kier alpha value is -2.70. The Kier molecular flexibility index (Phi) is 3.99. The molecular weight excluding hydrogens is 316 g/mol. The van der Waals surface area contributed by atoms with E-state index in [4.69, 9.17) is 0 Å². The molecule has 25 heavy (non-hydrogen) atoms. The predicted octanol–water partition coefficient (Wildman–Crippen LogP) is 2.25. The van der Waals surface area contributed by atoms with Crippen LogP contribution in [0, 0.1) is 0 Å². The van der Waals surface area contributed by atoms with Gasteiger partial charge in [0.05, 0.1) is 0 Å². The lowest BCUT2D eigenvalue weighted by molar-refractivity contribution is 0.447. The van der Waals surface area contributed by atoms with Crippen LogP contribution in [-0.2, 0) is 0 Å². The number of piperidine rings is 1. The van der Waals surface area contributed by atoms with Crippen molar-refractivity contribution in [3.05, 3.63) is 53.0 Å². The van der Waals surface area contributed by atoms with Crippen LogP contribution in [-0.4, -0.2) is 37.2 Å². The highest BCUT2D eigenvalue weighted by molar-refractivity contribution is 5.48. The molecule has 1 saturated heterocycles. The van der Waals surface area contributed by atoms with E-state index in [1.54, 1.807) is 16.7 Å². The van der Waals surface area contributed by atoms with Crippen molar-refractivity contribution in [2.24, 2.45) is 0 Å². The first-order chi connectivity index (χ1) is 12.1. The summed E-state index contributed by atoms with van der Waals surface area (Å²) in [6, 6.07) is 7.60. The van der Waals surface area contributed by atoms with Crippen LogP contribution < -0.4 is 10.5 Å². The smallest absolute Gasteiger partial charge is 0.259 e. The Morgan fingerprint density at radius 1 is 1.20 bits per heavy atom. The molecule has 1 fully saturated rings. The van der Waals surface area contributed by atoms with Crippen LogP contribution in [0.25, 0.3) is 5.65 Å². The second-order valence-electron chi connectivity index (χ2n) is 6.83. The third-order valence-corrected chi connectivity index (χ3v) is 4.90. The van der Waals surface area contributed by atoms with Gasteiger partial charge < -0.3 is 9.47 Å². The van der Waals surface area contributed by atoms with Crippen LogP contribution in [0.4, 0.5) is 5.82 Å². The molecule has 0 bridgehead atoms. The largest absolute Gasteiger partial charge is 0.356 e. The van der Waals surface area contributed by atoms with Crippen molar-refractivity contribution >= 4 is 11.5 Å². The summed E-state index contributed by atoms with van der Waals surface area (Å²) in [5.74, 6) is 2.24. The molecule has 7 nitrogen and oxygen atoms in total. The molecule has 4 rings (SSSR count). The molecule has 0 saturated carbocycles. The topological polar surface area (TPSA) is 68.3 Å². The zero-order valence-electron chi connectivity index (χ0n) is 14.5. The molecule has 7 heteroatoms. The summed E-state index contributed by atoms with van der Waals surface area (Å²) in [4.78, 5) is 19.1. The molecule has 0 N–H and O–H groups in total. The molecule has 130 valence electrons. The Morgan fingerprint density at radius 2 is 2.00 bits per heavy atom. The van der Waals surface area contributed by atoms with E-state index >= 15 is 0 Å². The highest BCUT2D eigenvalue weighted by atomic mass is 16.1. The first-order valence-corrected chi connectivity index (χ1v) is 8.76. The average molecular weight is 338 g/mol. The summed E-state index contributed by atoms with van der Waals surface area (Å²) < 4.78 is 3.72. The van der Waals surface area contributed by atoms with E-state index in [1.165, 1.54) is 0 Å². The molecular formula is C18H22N6O. The van der Waals surface area contributed by atoms with Gasteiger partial charge in [-0.2, -0.15) is 0 Å². The molecule has 3 aromatic rings. The van der Waals surface area contributed by atoms with Gasteiger partial charge in [0.25, 0.3) is 5.56 Å². The van der Waals surface area contributed by atoms with E-state index in [9.17, 15) is 4.79 Å². The highest BCUT2D eigenvalue weighted by Crippen LogP contribution is 2.29. The molecule has 0 spiro atoms. The van der Waals surface area contributed by atoms with Gasteiger partial charge in [0.15, 0.2) is 0 Å². The monoisotopic (exact) mass is 338 g/mol. The maximum absolute atomic E-state index is 12.3. The van der Waals surface area contributed by atoms with Crippen molar-refractivity contribution in [2.75, 3.05) is 18.0 Å². The Balaban J connectivity index is 1.54. The van der Waals surface area contributed by atoms with Gasteiger partial charge in [-0.1, -0.05) is 6.07 Å². The van der Waals surface area contributed by atoms with Gasteiger partial charge in [0, 0.05) is 37.3 Å². The van der Waals surface area contributed by atoms with E-state index in [1.807, 2.05) is 24.5 Å². The maximum atomic E-state index is 12.3. The van der Waals surface area contributed by atoms with Gasteiger partial charge in [-0.25, -0.2) is 4.98 Å². The molecule has 4 heterocycles. The Labute approximate surface area is 145 Å². The van der Waals surface area contributed by atoms with E-state index in [-0.39, 0.29) is 5.56 Å². The average Bonchev–Trinajstić information content (AvgIpc) is 3.12. The van der Waals surface area contributed by atoms with Crippen LogP contribution >= 0.6 is 0 Å². The molecule has 0 aliphatic carbocycles. The molecule has 0 radical (unpaired) electrons. The molecule has 0 amide bonds. The van der Waals surface area contributed by atoms with Crippen molar-refractivity contribution in [3.8, 4) is 0 Å². The van der Waals surface area contributed by atoms with E-state index < -0.39 is 0 Å². The first-order valence-electron chi connectivity index (χ1n) is 8.76. The Bertz CT molecular complexity index is 936. The van der Waals surface area contributed by atoms with E-state index in [0.29, 0.717) is 17.6 Å². The molecule has 0 atom stereocenters. The molecule has 3 aromatic heterocycles. The number of aromatic nitrogens is 5. The second-order valence-corrected chi connectivity index (χ2v) is 6.83. The molecule has 1 aliphatic rings. The third-order valence-electron chi connectivity index (χ3n) is 4.90. The normalized spacial score (nSPS) is 16.0. The van der Waals surface area contributed by atoms with Crippen LogP contribution in [0.5, 0.6) is 0 Å². The summed E-state index contributed by atoms with van der Waals surface area (Å²) in [6.45, 7) is 6.03. The zero-order valence-corrected chi connectivity index (χ0v) is 14.5. The quantitative estimate of drug-likeness (QED) is 0.733. The van der Waals surface area contributed by atoms with Crippen LogP contribution in [0.2, 0.25) is 0 Å². The van der Waals surface area contributed by atoms with Crippen molar-refractivity contribution in [3.63, 3.8) is 0 Å². The van der Waals surface area contributed by atoms with Crippen LogP contribution in [0.1, 0.15) is 44.5 Å². The minimum atomic E-state index is -0.0396. The summed E-state index contributed by atoms with van der Waals surface area (Å²) in [5.41, 5.74) is 0.647. The Morgan fingerprint density at radius 3 is 2.76 bits per heavy atom. The SMILES string of the molecule is CC(C)n1cnnc1C1CCN(c2cc(=O)n3ccccc3n2)CC1. The number of pyridine rings is 1. The van der Waals surface area contributed by atoms with E-state index in [0.717, 1.165) is 37.6 Å². The summed E-state index contributed by atoms with van der Waals surface area (Å²) in [5, 5.41) is 8.42. The minimum absolute atomic E-state index is 0.0396. The standard InChI is InChI=1S/C18H22N6O/c1-13(2)24-12-19-21-18(24)14-6-9-22(10-7-14)16-11-17(25)23-8-4-3-5-15(23)20-16/h3-5,8,11-14H,6-7,9-10H2,1-2H3. The fourth-order valence-corrected chi connectivity index (χ4v) is 3.51. The van der Waals surface area contributed by atoms with Crippen LogP contribution in [0.15, 0.2) is 41.6 Å². The van der Waals surface area contributed by atoms with Gasteiger partial charge in [0.1, 0.15) is 23.6 Å². The zero-order chi connectivity index (χ0) is 17.4. The number of fused-ring (bicyclic) bond motifs is 1. The van der Waals surface area contributed by atoms with Gasteiger partial charge in [-0.3, -0.25) is 9.20 Å². The van der Waals surface area contributed by atoms with Gasteiger partial charge in [-0.15, -0.1) is 10.2 Å². The van der Waals surface area contributed by atoms with E-state index in [2.05, 4.69) is 38.5 Å². The third kappa shape index (κ3) is 2.90. The molecule has 0 unspecified atom stereocenters. The predicted molar refractivity (Wildman–Crippen MR) is 96.1 cm³/mol. The number of anilines is 1. The first kappa shape index (κ1) is 15.8. The van der Waals surface area contributed by atoms with Gasteiger partial charge in [-0.05, 0) is 38.8 Å². The number of hydrogen-bond donors (Lipinski definition) is 0. The summed E-state index contributed by atoms with van der Waals surface area (Å²) in [7, 11) is 0. The van der Waals surface area contributed by atoms with Crippen molar-refractivity contribution < 1.29 is 0 Å². The van der Waals surface area contributed by atoms with Crippen LogP contribution in [0.3, 0.4) is 0 Å². The van der Waals surface area contributed by atoms with Gasteiger partial charge in [0.2, 0.25) is 0 Å². The lowest BCUT2D eigenvalue weighted by Crippen LogP contribution is -2.35. The number of hydrogen-bond acceptors (Lipinski definition) is 5. The van der Waals surface area contributed by atoms with Crippen molar-refractivity contribution in [1.82, 2.24) is 24.1 Å². The number of nitrogens with zero attached hydrogens (tertiary/aromatic N) is 6. The number of rotatable bonds is 3. The molecule has 1 aliphatic heterocycles. The van der Waals surface area contributed by atoms with Crippen molar-refractivity contribution in [1.29, 1.82) is 0 Å². The molecule has 0 aromatic carbocycles. The van der Waals surface area contributed by atoms with Gasteiger partial charge >= 0.3 is 0 Å². The maximum Gasteiger partial charge on any atom is 0.259 e. The fraction of sp³-hybridized carbons (Fsp3) is 0.444. The second kappa shape index (κ2) is 6.31. The lowest BCUT2D eigenvalue weighted by Gasteiger charge is -2.32. The van der Waals surface area contributed by atoms with Crippen molar-refractivity contribution in [2.45, 2.75) is 38.6 Å². The highest BCUT2D eigenvalue weighted by Gasteiger charge is 2.26. The minimum Gasteiger partial charge on any atom is -0.356 e. The summed E-state index contributed by atoms with van der Waals surface area (Å²) >= 11 is 0. The summed E-state index contributed by atoms with van der Waals surface area (Å²) in [6.07, 6.45) is 5.54.